The zero-order valence-corrected chi connectivity index (χ0v) is 14.2. The molecule has 1 N–H and O–H groups in total. The second kappa shape index (κ2) is 7.25. The van der Waals surface area contributed by atoms with Crippen molar-refractivity contribution in [1.82, 2.24) is 5.32 Å². The van der Waals surface area contributed by atoms with Crippen molar-refractivity contribution in [2.24, 2.45) is 0 Å². The molecule has 0 saturated carbocycles. The van der Waals surface area contributed by atoms with Gasteiger partial charge in [-0.3, -0.25) is 5.32 Å². The molecule has 126 valence electrons. The van der Waals surface area contributed by atoms with E-state index in [-0.39, 0.29) is 11.7 Å². The second-order valence-electron chi connectivity index (χ2n) is 5.75. The Bertz CT molecular complexity index is 984. The minimum absolute atomic E-state index is 0.0542. The van der Waals surface area contributed by atoms with Crippen molar-refractivity contribution in [2.75, 3.05) is 7.11 Å². The van der Waals surface area contributed by atoms with Gasteiger partial charge in [0.25, 0.3) is 0 Å². The van der Waals surface area contributed by atoms with Crippen LogP contribution in [0.4, 0.5) is 0 Å². The topological polar surface area (TPSA) is 51.5 Å². The van der Waals surface area contributed by atoms with Crippen LogP contribution in [0.15, 0.2) is 57.7 Å². The van der Waals surface area contributed by atoms with Gasteiger partial charge < -0.3 is 9.15 Å². The van der Waals surface area contributed by atoms with Crippen molar-refractivity contribution in [3.63, 3.8) is 0 Å². The van der Waals surface area contributed by atoms with Crippen molar-refractivity contribution in [2.45, 2.75) is 19.5 Å². The lowest BCUT2D eigenvalue weighted by atomic mass is 10.0. The Kier molecular flexibility index (Phi) is 4.87. The molecule has 1 heterocycles. The van der Waals surface area contributed by atoms with Gasteiger partial charge in [-0.15, -0.1) is 6.42 Å². The summed E-state index contributed by atoms with van der Waals surface area (Å²) < 4.78 is 10.9. The zero-order valence-electron chi connectivity index (χ0n) is 14.2. The molecule has 1 aromatic heterocycles. The van der Waals surface area contributed by atoms with E-state index in [2.05, 4.69) is 11.2 Å². The van der Waals surface area contributed by atoms with Gasteiger partial charge >= 0.3 is 5.63 Å². The average Bonchev–Trinajstić information content (AvgIpc) is 2.65. The number of methoxy groups -OCH3 is 1. The van der Waals surface area contributed by atoms with Gasteiger partial charge in [-0.2, -0.15) is 0 Å². The summed E-state index contributed by atoms with van der Waals surface area (Å²) in [7, 11) is 1.55. The summed E-state index contributed by atoms with van der Waals surface area (Å²) in [6.07, 6.45) is 5.42. The highest BCUT2D eigenvalue weighted by Crippen LogP contribution is 2.30. The van der Waals surface area contributed by atoms with E-state index in [0.717, 1.165) is 16.5 Å². The standard InChI is InChI=1S/C21H19NO3/c1-4-14(2)22-13-16-10-11-19(24-3)20-17(16)12-18(21(23)25-20)15-8-6-5-7-9-15/h1,5-12,14,22H,13H2,2-3H3. The number of fused-ring (bicyclic) bond motifs is 1. The number of hydrogen-bond donors (Lipinski definition) is 1. The lowest BCUT2D eigenvalue weighted by Crippen LogP contribution is -2.23. The van der Waals surface area contributed by atoms with E-state index >= 15 is 0 Å². The van der Waals surface area contributed by atoms with Crippen LogP contribution in [0.1, 0.15) is 12.5 Å². The molecular formula is C21H19NO3. The number of nitrogens with one attached hydrogen (secondary N) is 1. The second-order valence-corrected chi connectivity index (χ2v) is 5.75. The van der Waals surface area contributed by atoms with E-state index in [0.29, 0.717) is 23.4 Å². The normalized spacial score (nSPS) is 11.9. The molecule has 0 spiro atoms. The van der Waals surface area contributed by atoms with Crippen LogP contribution in [0.5, 0.6) is 5.75 Å². The first-order valence-electron chi connectivity index (χ1n) is 8.02. The van der Waals surface area contributed by atoms with E-state index in [1.807, 2.05) is 49.4 Å². The Morgan fingerprint density at radius 2 is 2.00 bits per heavy atom. The van der Waals surface area contributed by atoms with Gasteiger partial charge in [0.2, 0.25) is 0 Å². The highest BCUT2D eigenvalue weighted by atomic mass is 16.5. The zero-order chi connectivity index (χ0) is 17.8. The van der Waals surface area contributed by atoms with Gasteiger partial charge in [0, 0.05) is 11.9 Å². The monoisotopic (exact) mass is 333 g/mol. The molecule has 2 aromatic carbocycles. The van der Waals surface area contributed by atoms with E-state index in [1.54, 1.807) is 13.2 Å². The molecule has 1 atom stereocenters. The summed E-state index contributed by atoms with van der Waals surface area (Å²) in [5, 5.41) is 4.08. The van der Waals surface area contributed by atoms with Crippen molar-refractivity contribution in [3.05, 3.63) is 64.5 Å². The van der Waals surface area contributed by atoms with Gasteiger partial charge in [0.15, 0.2) is 11.3 Å². The fraction of sp³-hybridized carbons (Fsp3) is 0.190. The van der Waals surface area contributed by atoms with Crippen LogP contribution >= 0.6 is 0 Å². The molecule has 0 radical (unpaired) electrons. The minimum Gasteiger partial charge on any atom is -0.493 e. The predicted molar refractivity (Wildman–Crippen MR) is 99.6 cm³/mol. The Labute approximate surface area is 146 Å². The van der Waals surface area contributed by atoms with Crippen molar-refractivity contribution in [1.29, 1.82) is 0 Å². The van der Waals surface area contributed by atoms with E-state index in [1.165, 1.54) is 0 Å². The van der Waals surface area contributed by atoms with Crippen LogP contribution in [0, 0.1) is 12.3 Å². The number of terminal acetylenes is 1. The van der Waals surface area contributed by atoms with Crippen LogP contribution in [0.3, 0.4) is 0 Å². The van der Waals surface area contributed by atoms with Crippen molar-refractivity contribution >= 4 is 11.0 Å². The molecule has 0 amide bonds. The molecule has 0 fully saturated rings. The number of rotatable bonds is 5. The maximum atomic E-state index is 12.5. The smallest absolute Gasteiger partial charge is 0.344 e. The maximum absolute atomic E-state index is 12.5. The fourth-order valence-corrected chi connectivity index (χ4v) is 2.69. The predicted octanol–water partition coefficient (Wildman–Crippen LogP) is 3.58. The molecule has 1 unspecified atom stereocenters. The Morgan fingerprint density at radius 3 is 2.68 bits per heavy atom. The molecule has 0 saturated heterocycles. The Morgan fingerprint density at radius 1 is 1.24 bits per heavy atom. The van der Waals surface area contributed by atoms with Gasteiger partial charge in [-0.25, -0.2) is 4.79 Å². The van der Waals surface area contributed by atoms with Crippen LogP contribution in [-0.4, -0.2) is 13.2 Å². The highest BCUT2D eigenvalue weighted by molar-refractivity contribution is 5.89. The Balaban J connectivity index is 2.18. The summed E-state index contributed by atoms with van der Waals surface area (Å²) >= 11 is 0. The molecule has 3 aromatic rings. The third-order valence-electron chi connectivity index (χ3n) is 4.11. The minimum atomic E-state index is -0.390. The molecule has 3 rings (SSSR count). The van der Waals surface area contributed by atoms with Crippen LogP contribution in [-0.2, 0) is 6.54 Å². The molecule has 4 nitrogen and oxygen atoms in total. The molecule has 25 heavy (non-hydrogen) atoms. The molecule has 0 aliphatic carbocycles. The SMILES string of the molecule is C#CC(C)NCc1ccc(OC)c2oc(=O)c(-c3ccccc3)cc12. The summed E-state index contributed by atoms with van der Waals surface area (Å²) in [5.74, 6) is 3.17. The van der Waals surface area contributed by atoms with E-state index in [9.17, 15) is 4.79 Å². The van der Waals surface area contributed by atoms with Crippen molar-refractivity contribution < 1.29 is 9.15 Å². The van der Waals surface area contributed by atoms with Gasteiger partial charge in [0.05, 0.1) is 18.7 Å². The van der Waals surface area contributed by atoms with Gasteiger partial charge in [-0.05, 0) is 30.2 Å². The van der Waals surface area contributed by atoms with E-state index in [4.69, 9.17) is 15.6 Å². The lowest BCUT2D eigenvalue weighted by Gasteiger charge is -2.13. The molecule has 0 aliphatic rings. The molecule has 4 heteroatoms. The average molecular weight is 333 g/mol. The summed E-state index contributed by atoms with van der Waals surface area (Å²) in [6, 6.07) is 15.0. The van der Waals surface area contributed by atoms with E-state index < -0.39 is 0 Å². The third kappa shape index (κ3) is 3.42. The highest BCUT2D eigenvalue weighted by Gasteiger charge is 2.14. The lowest BCUT2D eigenvalue weighted by molar-refractivity contribution is 0.406. The molecule has 0 aliphatic heterocycles. The van der Waals surface area contributed by atoms with Crippen LogP contribution in [0.25, 0.3) is 22.1 Å². The van der Waals surface area contributed by atoms with Gasteiger partial charge in [-0.1, -0.05) is 42.3 Å². The quantitative estimate of drug-likeness (QED) is 0.573. The first-order chi connectivity index (χ1) is 12.1. The van der Waals surface area contributed by atoms with Crippen molar-refractivity contribution in [3.8, 4) is 29.2 Å². The first-order valence-corrected chi connectivity index (χ1v) is 8.02. The summed E-state index contributed by atoms with van der Waals surface area (Å²) in [5.41, 5.74) is 2.38. The first kappa shape index (κ1) is 16.8. The van der Waals surface area contributed by atoms with Crippen LogP contribution in [0.2, 0.25) is 0 Å². The number of benzene rings is 2. The summed E-state index contributed by atoms with van der Waals surface area (Å²) in [6.45, 7) is 2.48. The molecular weight excluding hydrogens is 314 g/mol. The fourth-order valence-electron chi connectivity index (χ4n) is 2.69. The third-order valence-corrected chi connectivity index (χ3v) is 4.11. The van der Waals surface area contributed by atoms with Gasteiger partial charge in [0.1, 0.15) is 0 Å². The largest absolute Gasteiger partial charge is 0.493 e. The number of ether oxygens (including phenoxy) is 1. The number of hydrogen-bond acceptors (Lipinski definition) is 4. The Hall–Kier alpha value is -3.03. The summed E-state index contributed by atoms with van der Waals surface area (Å²) in [4.78, 5) is 12.5. The molecule has 0 bridgehead atoms. The van der Waals surface area contributed by atoms with Crippen LogP contribution < -0.4 is 15.7 Å². The maximum Gasteiger partial charge on any atom is 0.344 e.